The van der Waals surface area contributed by atoms with Crippen LogP contribution in [0.4, 0.5) is 8.78 Å². The number of nitrogens with zero attached hydrogens (tertiary/aromatic N) is 2. The van der Waals surface area contributed by atoms with Gasteiger partial charge in [0, 0.05) is 13.6 Å². The normalized spacial score (nSPS) is 16.3. The molecule has 100 valence electrons. The third-order valence-electron chi connectivity index (χ3n) is 3.58. The van der Waals surface area contributed by atoms with Crippen LogP contribution in [0.1, 0.15) is 24.8 Å². The van der Waals surface area contributed by atoms with Gasteiger partial charge in [0.05, 0.1) is 6.07 Å². The average molecular weight is 264 g/mol. The molecule has 0 heterocycles. The summed E-state index contributed by atoms with van der Waals surface area (Å²) in [6.07, 6.45) is 2.02. The maximum Gasteiger partial charge on any atom is 0.243 e. The Morgan fingerprint density at radius 1 is 1.42 bits per heavy atom. The lowest BCUT2D eigenvalue weighted by Gasteiger charge is -2.36. The van der Waals surface area contributed by atoms with Crippen molar-refractivity contribution >= 4 is 5.91 Å². The summed E-state index contributed by atoms with van der Waals surface area (Å²) in [7, 11) is 1.57. The second-order valence-corrected chi connectivity index (χ2v) is 4.96. The molecule has 19 heavy (non-hydrogen) atoms. The van der Waals surface area contributed by atoms with Gasteiger partial charge in [0.1, 0.15) is 5.41 Å². The number of amides is 1. The fourth-order valence-corrected chi connectivity index (χ4v) is 2.25. The molecule has 1 aliphatic rings. The topological polar surface area (TPSA) is 44.1 Å². The molecular formula is C14H14F2N2O. The quantitative estimate of drug-likeness (QED) is 0.842. The molecule has 0 radical (unpaired) electrons. The molecule has 3 nitrogen and oxygen atoms in total. The first-order valence-corrected chi connectivity index (χ1v) is 6.09. The lowest BCUT2D eigenvalue weighted by Crippen LogP contribution is -2.45. The lowest BCUT2D eigenvalue weighted by atomic mass is 9.69. The number of carbonyl (C=O) groups is 1. The Kier molecular flexibility index (Phi) is 3.52. The zero-order valence-electron chi connectivity index (χ0n) is 10.6. The van der Waals surface area contributed by atoms with E-state index in [1.807, 2.05) is 0 Å². The number of carbonyl (C=O) groups excluding carboxylic acids is 1. The highest BCUT2D eigenvalue weighted by Gasteiger charge is 2.46. The van der Waals surface area contributed by atoms with E-state index in [1.54, 1.807) is 7.05 Å². The first-order valence-electron chi connectivity index (χ1n) is 6.09. The van der Waals surface area contributed by atoms with Crippen molar-refractivity contribution in [2.45, 2.75) is 25.8 Å². The first kappa shape index (κ1) is 13.5. The summed E-state index contributed by atoms with van der Waals surface area (Å²) < 4.78 is 25.9. The van der Waals surface area contributed by atoms with Crippen LogP contribution in [-0.4, -0.2) is 17.9 Å². The van der Waals surface area contributed by atoms with Gasteiger partial charge < -0.3 is 4.90 Å². The average Bonchev–Trinajstić information content (AvgIpc) is 2.33. The largest absolute Gasteiger partial charge is 0.340 e. The van der Waals surface area contributed by atoms with E-state index >= 15 is 0 Å². The fourth-order valence-electron chi connectivity index (χ4n) is 2.25. The van der Waals surface area contributed by atoms with E-state index in [9.17, 15) is 13.6 Å². The van der Waals surface area contributed by atoms with Gasteiger partial charge in [-0.05, 0) is 37.0 Å². The lowest BCUT2D eigenvalue weighted by molar-refractivity contribution is -0.142. The highest BCUT2D eigenvalue weighted by molar-refractivity contribution is 5.86. The van der Waals surface area contributed by atoms with Crippen LogP contribution in [0, 0.1) is 28.4 Å². The summed E-state index contributed by atoms with van der Waals surface area (Å²) in [6, 6.07) is 5.61. The molecule has 1 aromatic rings. The molecule has 1 fully saturated rings. The second-order valence-electron chi connectivity index (χ2n) is 4.96. The number of halogens is 2. The summed E-state index contributed by atoms with van der Waals surface area (Å²) in [6.45, 7) is 0.166. The molecule has 0 aromatic heterocycles. The van der Waals surface area contributed by atoms with Gasteiger partial charge in [0.25, 0.3) is 0 Å². The molecule has 2 rings (SSSR count). The van der Waals surface area contributed by atoms with Crippen LogP contribution < -0.4 is 0 Å². The van der Waals surface area contributed by atoms with Crippen molar-refractivity contribution < 1.29 is 13.6 Å². The molecule has 5 heteroatoms. The Bertz CT molecular complexity index is 547. The van der Waals surface area contributed by atoms with Gasteiger partial charge >= 0.3 is 0 Å². The molecule has 0 spiro atoms. The van der Waals surface area contributed by atoms with E-state index in [1.165, 1.54) is 11.0 Å². The Balaban J connectivity index is 2.08. The molecule has 1 aliphatic carbocycles. The summed E-state index contributed by atoms with van der Waals surface area (Å²) in [5.41, 5.74) is -0.407. The molecule has 0 aliphatic heterocycles. The molecule has 0 N–H and O–H groups in total. The first-order chi connectivity index (χ1) is 8.98. The SMILES string of the molecule is CN(Cc1ccc(F)c(F)c1)C(=O)C1(C#N)CCC1. The summed E-state index contributed by atoms with van der Waals surface area (Å²) in [5.74, 6) is -2.09. The molecule has 0 bridgehead atoms. The van der Waals surface area contributed by atoms with Gasteiger partial charge in [-0.25, -0.2) is 8.78 Å². The Morgan fingerprint density at radius 2 is 2.11 bits per heavy atom. The third kappa shape index (κ3) is 2.43. The monoisotopic (exact) mass is 264 g/mol. The predicted molar refractivity (Wildman–Crippen MR) is 64.7 cm³/mol. The number of benzene rings is 1. The van der Waals surface area contributed by atoms with E-state index in [-0.39, 0.29) is 12.5 Å². The van der Waals surface area contributed by atoms with Crippen LogP contribution in [-0.2, 0) is 11.3 Å². The highest BCUT2D eigenvalue weighted by Crippen LogP contribution is 2.41. The standard InChI is InChI=1S/C14H14F2N2O/c1-18(13(19)14(9-17)5-2-6-14)8-10-3-4-11(15)12(16)7-10/h3-4,7H,2,5-6,8H2,1H3. The van der Waals surface area contributed by atoms with Crippen molar-refractivity contribution in [2.24, 2.45) is 5.41 Å². The summed E-state index contributed by atoms with van der Waals surface area (Å²) >= 11 is 0. The van der Waals surface area contributed by atoms with Crippen molar-refractivity contribution in [2.75, 3.05) is 7.05 Å². The van der Waals surface area contributed by atoms with Crippen LogP contribution in [0.3, 0.4) is 0 Å². The number of hydrogen-bond donors (Lipinski definition) is 0. The highest BCUT2D eigenvalue weighted by atomic mass is 19.2. The Labute approximate surface area is 110 Å². The van der Waals surface area contributed by atoms with Gasteiger partial charge in [-0.1, -0.05) is 6.07 Å². The summed E-state index contributed by atoms with van der Waals surface area (Å²) in [5, 5.41) is 9.10. The van der Waals surface area contributed by atoms with Gasteiger partial charge in [-0.15, -0.1) is 0 Å². The summed E-state index contributed by atoms with van der Waals surface area (Å²) in [4.78, 5) is 13.6. The van der Waals surface area contributed by atoms with Crippen molar-refractivity contribution in [1.29, 1.82) is 5.26 Å². The van der Waals surface area contributed by atoms with Gasteiger partial charge in [0.15, 0.2) is 11.6 Å². The molecule has 1 aromatic carbocycles. The second kappa shape index (κ2) is 4.96. The number of hydrogen-bond acceptors (Lipinski definition) is 2. The van der Waals surface area contributed by atoms with Crippen LogP contribution in [0.2, 0.25) is 0 Å². The molecule has 1 saturated carbocycles. The minimum absolute atomic E-state index is 0.166. The van der Waals surface area contributed by atoms with Gasteiger partial charge in [0.2, 0.25) is 5.91 Å². The van der Waals surface area contributed by atoms with E-state index in [0.717, 1.165) is 18.6 Å². The van der Waals surface area contributed by atoms with Crippen molar-refractivity contribution in [3.05, 3.63) is 35.4 Å². The van der Waals surface area contributed by atoms with Gasteiger partial charge in [-0.3, -0.25) is 4.79 Å². The molecule has 0 unspecified atom stereocenters. The van der Waals surface area contributed by atoms with Crippen LogP contribution in [0.5, 0.6) is 0 Å². The predicted octanol–water partition coefficient (Wildman–Crippen LogP) is 2.62. The number of nitriles is 1. The molecular weight excluding hydrogens is 250 g/mol. The maximum absolute atomic E-state index is 13.1. The number of rotatable bonds is 3. The zero-order valence-corrected chi connectivity index (χ0v) is 10.6. The zero-order chi connectivity index (χ0) is 14.0. The third-order valence-corrected chi connectivity index (χ3v) is 3.58. The Morgan fingerprint density at radius 3 is 2.58 bits per heavy atom. The van der Waals surface area contributed by atoms with Crippen LogP contribution in [0.25, 0.3) is 0 Å². The minimum Gasteiger partial charge on any atom is -0.340 e. The van der Waals surface area contributed by atoms with Crippen LogP contribution >= 0.6 is 0 Å². The fraction of sp³-hybridized carbons (Fsp3) is 0.429. The van der Waals surface area contributed by atoms with Crippen molar-refractivity contribution in [3.63, 3.8) is 0 Å². The molecule has 1 amide bonds. The smallest absolute Gasteiger partial charge is 0.243 e. The van der Waals surface area contributed by atoms with Gasteiger partial charge in [-0.2, -0.15) is 5.26 Å². The maximum atomic E-state index is 13.1. The molecule has 0 saturated heterocycles. The van der Waals surface area contributed by atoms with Crippen molar-refractivity contribution in [1.82, 2.24) is 4.90 Å². The minimum atomic E-state index is -0.933. The Hall–Kier alpha value is -1.96. The van der Waals surface area contributed by atoms with E-state index < -0.39 is 17.0 Å². The van der Waals surface area contributed by atoms with E-state index in [2.05, 4.69) is 6.07 Å². The van der Waals surface area contributed by atoms with Crippen LogP contribution in [0.15, 0.2) is 18.2 Å². The van der Waals surface area contributed by atoms with E-state index in [0.29, 0.717) is 18.4 Å². The van der Waals surface area contributed by atoms with Crippen molar-refractivity contribution in [3.8, 4) is 6.07 Å². The van der Waals surface area contributed by atoms with E-state index in [4.69, 9.17) is 5.26 Å². The molecule has 0 atom stereocenters.